The van der Waals surface area contributed by atoms with Crippen molar-refractivity contribution >= 4 is 21.9 Å². The van der Waals surface area contributed by atoms with Crippen LogP contribution >= 0.6 is 15.9 Å². The molecule has 2 nitrogen and oxygen atoms in total. The van der Waals surface area contributed by atoms with Gasteiger partial charge >= 0.3 is 5.97 Å². The number of carboxylic acids is 1. The quantitative estimate of drug-likeness (QED) is 0.892. The topological polar surface area (TPSA) is 37.3 Å². The van der Waals surface area contributed by atoms with Crippen molar-refractivity contribution in [2.45, 2.75) is 33.1 Å². The highest BCUT2D eigenvalue weighted by Gasteiger charge is 2.35. The average molecular weight is 303 g/mol. The monoisotopic (exact) mass is 302 g/mol. The van der Waals surface area contributed by atoms with E-state index in [0.717, 1.165) is 4.47 Å². The molecule has 0 bridgehead atoms. The fraction of sp³-hybridized carbons (Fsp3) is 0.462. The minimum absolute atomic E-state index is 0.338. The first kappa shape index (κ1) is 14.2. The van der Waals surface area contributed by atoms with Gasteiger partial charge in [0.25, 0.3) is 0 Å². The molecule has 0 heterocycles. The SMILES string of the molecule is CCC(CC)(Cc1cc(F)ccc1Br)C(=O)O. The van der Waals surface area contributed by atoms with Gasteiger partial charge in [0.2, 0.25) is 0 Å². The largest absolute Gasteiger partial charge is 0.481 e. The van der Waals surface area contributed by atoms with Crippen LogP contribution in [-0.4, -0.2) is 11.1 Å². The van der Waals surface area contributed by atoms with Crippen LogP contribution < -0.4 is 0 Å². The van der Waals surface area contributed by atoms with Crippen molar-refractivity contribution in [2.75, 3.05) is 0 Å². The van der Waals surface area contributed by atoms with E-state index in [1.165, 1.54) is 12.1 Å². The zero-order chi connectivity index (χ0) is 13.1. The Morgan fingerprint density at radius 2 is 2.00 bits per heavy atom. The molecule has 0 radical (unpaired) electrons. The number of halogens is 2. The standard InChI is InChI=1S/C13H16BrFO2/c1-3-13(4-2,12(16)17)8-9-7-10(15)5-6-11(9)14/h5-7H,3-4,8H2,1-2H3,(H,16,17). The second-order valence-electron chi connectivity index (χ2n) is 4.21. The molecule has 0 aliphatic carbocycles. The first-order valence-electron chi connectivity index (χ1n) is 5.62. The molecule has 1 rings (SSSR count). The molecule has 1 aromatic rings. The van der Waals surface area contributed by atoms with Gasteiger partial charge in [0.1, 0.15) is 5.82 Å². The fourth-order valence-corrected chi connectivity index (χ4v) is 2.31. The van der Waals surface area contributed by atoms with Crippen LogP contribution in [0.2, 0.25) is 0 Å². The molecule has 0 aliphatic heterocycles. The van der Waals surface area contributed by atoms with E-state index in [1.54, 1.807) is 6.07 Å². The van der Waals surface area contributed by atoms with Crippen molar-refractivity contribution in [1.82, 2.24) is 0 Å². The number of carboxylic acid groups (broad SMARTS) is 1. The van der Waals surface area contributed by atoms with Gasteiger partial charge in [0.15, 0.2) is 0 Å². The summed E-state index contributed by atoms with van der Waals surface area (Å²) in [6.45, 7) is 3.70. The Morgan fingerprint density at radius 3 is 2.47 bits per heavy atom. The summed E-state index contributed by atoms with van der Waals surface area (Å²) >= 11 is 3.33. The molecule has 0 saturated carbocycles. The van der Waals surface area contributed by atoms with Gasteiger partial charge in [0, 0.05) is 4.47 Å². The van der Waals surface area contributed by atoms with Crippen LogP contribution in [0, 0.1) is 11.2 Å². The minimum atomic E-state index is -0.821. The zero-order valence-corrected chi connectivity index (χ0v) is 11.6. The Bertz CT molecular complexity index is 414. The molecule has 17 heavy (non-hydrogen) atoms. The first-order valence-corrected chi connectivity index (χ1v) is 6.42. The van der Waals surface area contributed by atoms with Gasteiger partial charge in [-0.1, -0.05) is 29.8 Å². The maximum absolute atomic E-state index is 13.2. The molecule has 0 spiro atoms. The Morgan fingerprint density at radius 1 is 1.41 bits per heavy atom. The Hall–Kier alpha value is -0.900. The van der Waals surface area contributed by atoms with Crippen molar-refractivity contribution in [2.24, 2.45) is 5.41 Å². The first-order chi connectivity index (χ1) is 7.95. The molecule has 0 aromatic heterocycles. The maximum Gasteiger partial charge on any atom is 0.309 e. The van der Waals surface area contributed by atoms with Crippen molar-refractivity contribution in [1.29, 1.82) is 0 Å². The van der Waals surface area contributed by atoms with Crippen molar-refractivity contribution in [3.63, 3.8) is 0 Å². The average Bonchev–Trinajstić information content (AvgIpc) is 2.30. The molecule has 0 atom stereocenters. The number of hydrogen-bond acceptors (Lipinski definition) is 1. The smallest absolute Gasteiger partial charge is 0.309 e. The van der Waals surface area contributed by atoms with Gasteiger partial charge in [-0.2, -0.15) is 0 Å². The fourth-order valence-electron chi connectivity index (χ4n) is 1.92. The van der Waals surface area contributed by atoms with Crippen LogP contribution in [0.15, 0.2) is 22.7 Å². The van der Waals surface area contributed by atoms with E-state index in [-0.39, 0.29) is 5.82 Å². The summed E-state index contributed by atoms with van der Waals surface area (Å²) in [6.07, 6.45) is 1.40. The highest BCUT2D eigenvalue weighted by Crippen LogP contribution is 2.34. The third-order valence-electron chi connectivity index (χ3n) is 3.34. The van der Waals surface area contributed by atoms with Gasteiger partial charge < -0.3 is 5.11 Å². The summed E-state index contributed by atoms with van der Waals surface area (Å²) in [4.78, 5) is 11.4. The van der Waals surface area contributed by atoms with Crippen LogP contribution in [0.3, 0.4) is 0 Å². The number of rotatable bonds is 5. The molecule has 0 amide bonds. The van der Waals surface area contributed by atoms with Crippen LogP contribution in [-0.2, 0) is 11.2 Å². The third-order valence-corrected chi connectivity index (χ3v) is 4.12. The van der Waals surface area contributed by atoms with E-state index in [9.17, 15) is 14.3 Å². The summed E-state index contributed by atoms with van der Waals surface area (Å²) in [7, 11) is 0. The molecule has 4 heteroatoms. The molecule has 1 N–H and O–H groups in total. The zero-order valence-electron chi connectivity index (χ0n) is 9.96. The lowest BCUT2D eigenvalue weighted by atomic mass is 9.77. The molecule has 0 saturated heterocycles. The lowest BCUT2D eigenvalue weighted by Gasteiger charge is -2.27. The minimum Gasteiger partial charge on any atom is -0.481 e. The summed E-state index contributed by atoms with van der Waals surface area (Å²) in [6, 6.07) is 4.36. The predicted molar refractivity (Wildman–Crippen MR) is 68.5 cm³/mol. The number of aliphatic carboxylic acids is 1. The molecule has 0 unspecified atom stereocenters. The molecule has 0 fully saturated rings. The lowest BCUT2D eigenvalue weighted by Crippen LogP contribution is -2.32. The predicted octanol–water partition coefficient (Wildman–Crippen LogP) is 4.02. The van der Waals surface area contributed by atoms with Gasteiger partial charge in [-0.3, -0.25) is 4.79 Å². The highest BCUT2D eigenvalue weighted by molar-refractivity contribution is 9.10. The maximum atomic E-state index is 13.2. The molecule has 0 aliphatic rings. The summed E-state index contributed by atoms with van der Waals surface area (Å²) in [5.41, 5.74) is -0.104. The number of carbonyl (C=O) groups is 1. The van der Waals surface area contributed by atoms with Crippen LogP contribution in [0.25, 0.3) is 0 Å². The molecule has 1 aromatic carbocycles. The van der Waals surface area contributed by atoms with Crippen LogP contribution in [0.5, 0.6) is 0 Å². The van der Waals surface area contributed by atoms with E-state index in [1.807, 2.05) is 13.8 Å². The lowest BCUT2D eigenvalue weighted by molar-refractivity contribution is -0.149. The van der Waals surface area contributed by atoms with E-state index in [0.29, 0.717) is 24.8 Å². The van der Waals surface area contributed by atoms with Gasteiger partial charge in [-0.25, -0.2) is 4.39 Å². The highest BCUT2D eigenvalue weighted by atomic mass is 79.9. The number of hydrogen-bond donors (Lipinski definition) is 1. The van der Waals surface area contributed by atoms with Crippen molar-refractivity contribution < 1.29 is 14.3 Å². The van der Waals surface area contributed by atoms with Crippen molar-refractivity contribution in [3.8, 4) is 0 Å². The number of benzene rings is 1. The third kappa shape index (κ3) is 3.06. The van der Waals surface area contributed by atoms with Gasteiger partial charge in [-0.05, 0) is 43.0 Å². The Balaban J connectivity index is 3.09. The van der Waals surface area contributed by atoms with E-state index in [4.69, 9.17) is 0 Å². The van der Waals surface area contributed by atoms with Crippen LogP contribution in [0.4, 0.5) is 4.39 Å². The molecular weight excluding hydrogens is 287 g/mol. The second-order valence-corrected chi connectivity index (χ2v) is 5.06. The Kier molecular flexibility index (Phi) is 4.69. The normalized spacial score (nSPS) is 11.5. The van der Waals surface area contributed by atoms with E-state index >= 15 is 0 Å². The van der Waals surface area contributed by atoms with Gasteiger partial charge in [-0.15, -0.1) is 0 Å². The molecular formula is C13H16BrFO2. The summed E-state index contributed by atoms with van der Waals surface area (Å²) in [5, 5.41) is 9.34. The Labute approximate surface area is 109 Å². The van der Waals surface area contributed by atoms with E-state index in [2.05, 4.69) is 15.9 Å². The van der Waals surface area contributed by atoms with Gasteiger partial charge in [0.05, 0.1) is 5.41 Å². The molecule has 94 valence electrons. The summed E-state index contributed by atoms with van der Waals surface area (Å²) in [5.74, 6) is -1.16. The van der Waals surface area contributed by atoms with Crippen LogP contribution in [0.1, 0.15) is 32.3 Å². The van der Waals surface area contributed by atoms with Crippen molar-refractivity contribution in [3.05, 3.63) is 34.1 Å². The van der Waals surface area contributed by atoms with E-state index < -0.39 is 11.4 Å². The second kappa shape index (κ2) is 5.63. The summed E-state index contributed by atoms with van der Waals surface area (Å²) < 4.78 is 13.9.